The third-order valence-electron chi connectivity index (χ3n) is 11.5. The molecule has 13 nitrogen and oxygen atoms in total. The van der Waals surface area contributed by atoms with Crippen molar-refractivity contribution in [2.75, 3.05) is 19.6 Å². The quantitative estimate of drug-likeness (QED) is 0.226. The minimum atomic E-state index is -3.91. The third-order valence-corrected chi connectivity index (χ3v) is 13.6. The van der Waals surface area contributed by atoms with Crippen molar-refractivity contribution in [3.8, 4) is 5.88 Å². The van der Waals surface area contributed by atoms with E-state index in [1.54, 1.807) is 42.5 Å². The first-order chi connectivity index (χ1) is 27.1. The summed E-state index contributed by atoms with van der Waals surface area (Å²) < 4.78 is 40.4. The molecule has 4 amide bonds. The third kappa shape index (κ3) is 8.76. The van der Waals surface area contributed by atoms with Crippen LogP contribution in [0.3, 0.4) is 0 Å². The van der Waals surface area contributed by atoms with Gasteiger partial charge in [0.25, 0.3) is 5.91 Å². The fraction of sp³-hybridized carbons (Fsp3) is 0.500. The average Bonchev–Trinajstić information content (AvgIpc) is 4.08. The Hall–Kier alpha value is -4.69. The number of benzene rings is 1. The monoisotopic (exact) mass is 819 g/mol. The van der Waals surface area contributed by atoms with E-state index in [9.17, 15) is 27.6 Å². The molecule has 4 heterocycles. The maximum Gasteiger partial charge on any atom is 0.259 e. The van der Waals surface area contributed by atoms with Gasteiger partial charge in [0.15, 0.2) is 5.58 Å². The number of furan rings is 1. The molecule has 2 aliphatic carbocycles. The summed E-state index contributed by atoms with van der Waals surface area (Å²) in [6.45, 7) is 10.8. The molecule has 7 rings (SSSR count). The first-order valence-corrected chi connectivity index (χ1v) is 21.6. The second kappa shape index (κ2) is 15.9. The molecule has 0 unspecified atom stereocenters. The number of carbonyl (C=O) groups excluding carboxylic acids is 4. The largest absolute Gasteiger partial charge is 0.472 e. The van der Waals surface area contributed by atoms with Crippen molar-refractivity contribution >= 4 is 67.3 Å². The Morgan fingerprint density at radius 3 is 2.44 bits per heavy atom. The van der Waals surface area contributed by atoms with Gasteiger partial charge in [-0.1, -0.05) is 62.7 Å². The van der Waals surface area contributed by atoms with Crippen LogP contribution in [0.25, 0.3) is 22.1 Å². The first-order valence-electron chi connectivity index (χ1n) is 19.7. The molecule has 57 heavy (non-hydrogen) atoms. The van der Waals surface area contributed by atoms with Gasteiger partial charge in [-0.05, 0) is 68.2 Å². The molecule has 0 radical (unpaired) electrons. The fourth-order valence-electron chi connectivity index (χ4n) is 7.90. The van der Waals surface area contributed by atoms with Crippen molar-refractivity contribution < 1.29 is 36.7 Å². The Labute approximate surface area is 337 Å². The number of nitrogens with zero attached hydrogens (tertiary/aromatic N) is 3. The number of aromatic nitrogens is 1. The van der Waals surface area contributed by atoms with Gasteiger partial charge in [-0.25, -0.2) is 13.4 Å². The Kier molecular flexibility index (Phi) is 11.3. The number of fused-ring (bicyclic) bond motifs is 3. The molecule has 4 aliphatic rings. The van der Waals surface area contributed by atoms with Gasteiger partial charge in [0, 0.05) is 48.3 Å². The van der Waals surface area contributed by atoms with E-state index in [4.69, 9.17) is 25.7 Å². The summed E-state index contributed by atoms with van der Waals surface area (Å²) in [5, 5.41) is 3.37. The molecule has 2 aliphatic heterocycles. The molecule has 304 valence electrons. The Morgan fingerprint density at radius 1 is 1.05 bits per heavy atom. The highest BCUT2D eigenvalue weighted by Gasteiger charge is 2.62. The number of ether oxygens (including phenoxy) is 1. The van der Waals surface area contributed by atoms with Crippen molar-refractivity contribution in [3.05, 3.63) is 72.3 Å². The van der Waals surface area contributed by atoms with Gasteiger partial charge in [-0.3, -0.25) is 23.9 Å². The van der Waals surface area contributed by atoms with Crippen LogP contribution >= 0.6 is 11.6 Å². The van der Waals surface area contributed by atoms with Crippen molar-refractivity contribution in [1.29, 1.82) is 0 Å². The average molecular weight is 820 g/mol. The zero-order valence-corrected chi connectivity index (χ0v) is 34.1. The number of piperidine rings is 1. The summed E-state index contributed by atoms with van der Waals surface area (Å²) in [6, 6.07) is 14.8. The van der Waals surface area contributed by atoms with Gasteiger partial charge in [0.05, 0.1) is 17.7 Å². The predicted octanol–water partition coefficient (Wildman–Crippen LogP) is 5.84. The van der Waals surface area contributed by atoms with E-state index in [1.165, 1.54) is 11.0 Å². The molecule has 2 saturated carbocycles. The summed E-state index contributed by atoms with van der Waals surface area (Å²) in [4.78, 5) is 64.6. The van der Waals surface area contributed by atoms with Gasteiger partial charge >= 0.3 is 0 Å². The molecule has 0 bridgehead atoms. The molecule has 2 N–H and O–H groups in total. The molecule has 3 aromatic rings. The van der Waals surface area contributed by atoms with E-state index in [-0.39, 0.29) is 43.5 Å². The predicted molar refractivity (Wildman–Crippen MR) is 216 cm³/mol. The van der Waals surface area contributed by atoms with Crippen LogP contribution in [0.5, 0.6) is 5.88 Å². The van der Waals surface area contributed by atoms with Crippen molar-refractivity contribution in [3.63, 3.8) is 0 Å². The van der Waals surface area contributed by atoms with Gasteiger partial charge in [0.1, 0.15) is 28.8 Å². The normalized spacial score (nSPS) is 24.0. The van der Waals surface area contributed by atoms with Gasteiger partial charge in [-0.2, -0.15) is 0 Å². The first kappa shape index (κ1) is 40.5. The van der Waals surface area contributed by atoms with Crippen molar-refractivity contribution in [2.45, 2.75) is 95.1 Å². The number of halogens is 1. The maximum atomic E-state index is 14.8. The minimum Gasteiger partial charge on any atom is -0.472 e. The van der Waals surface area contributed by atoms with E-state index in [2.05, 4.69) is 16.6 Å². The van der Waals surface area contributed by atoms with E-state index in [0.29, 0.717) is 53.0 Å². The van der Waals surface area contributed by atoms with Crippen LogP contribution < -0.4 is 14.8 Å². The van der Waals surface area contributed by atoms with Gasteiger partial charge in [-0.15, -0.1) is 6.58 Å². The lowest BCUT2D eigenvalue weighted by molar-refractivity contribution is -0.148. The number of nitrogens with one attached hydrogen (secondary N) is 2. The summed E-state index contributed by atoms with van der Waals surface area (Å²) in [7, 11) is -3.91. The highest BCUT2D eigenvalue weighted by atomic mass is 35.5. The van der Waals surface area contributed by atoms with Crippen LogP contribution in [-0.2, 0) is 29.2 Å². The fourth-order valence-corrected chi connectivity index (χ4v) is 9.44. The zero-order chi connectivity index (χ0) is 40.7. The number of amides is 4. The van der Waals surface area contributed by atoms with Crippen LogP contribution in [0, 0.1) is 17.3 Å². The second-order valence-electron chi connectivity index (χ2n) is 16.7. The lowest BCUT2D eigenvalue weighted by Crippen LogP contribution is -2.57. The highest BCUT2D eigenvalue weighted by Crippen LogP contribution is 2.46. The van der Waals surface area contributed by atoms with Gasteiger partial charge < -0.3 is 24.3 Å². The maximum absolute atomic E-state index is 14.8. The van der Waals surface area contributed by atoms with Crippen molar-refractivity contribution in [2.24, 2.45) is 17.3 Å². The highest BCUT2D eigenvalue weighted by molar-refractivity contribution is 7.91. The molecule has 1 aromatic carbocycles. The lowest BCUT2D eigenvalue weighted by Gasteiger charge is -2.36. The van der Waals surface area contributed by atoms with E-state index >= 15 is 0 Å². The molecule has 2 aromatic heterocycles. The Bertz CT molecular complexity index is 2260. The van der Waals surface area contributed by atoms with Gasteiger partial charge in [0.2, 0.25) is 33.6 Å². The number of hydrogen-bond donors (Lipinski definition) is 2. The minimum absolute atomic E-state index is 0.0189. The Balaban J connectivity index is 1.22. The molecule has 0 spiro atoms. The summed E-state index contributed by atoms with van der Waals surface area (Å²) in [5.74, 6) is -3.07. The molecule has 5 atom stereocenters. The van der Waals surface area contributed by atoms with Crippen LogP contribution in [0.15, 0.2) is 71.7 Å². The lowest BCUT2D eigenvalue weighted by atomic mass is 9.77. The molecular formula is C42H50ClN5O8S. The topological polar surface area (TPSA) is 168 Å². The van der Waals surface area contributed by atoms with E-state index < -0.39 is 62.0 Å². The van der Waals surface area contributed by atoms with Crippen molar-refractivity contribution in [1.82, 2.24) is 24.8 Å². The molecule has 15 heteroatoms. The Morgan fingerprint density at radius 2 is 1.77 bits per heavy atom. The number of hydrogen-bond acceptors (Lipinski definition) is 9. The molecular weight excluding hydrogens is 770 g/mol. The number of rotatable bonds is 11. The second-order valence-corrected chi connectivity index (χ2v) is 19.1. The summed E-state index contributed by atoms with van der Waals surface area (Å²) >= 11 is 6.36. The zero-order valence-electron chi connectivity index (χ0n) is 32.5. The number of carbonyl (C=O) groups is 4. The van der Waals surface area contributed by atoms with Crippen LogP contribution in [-0.4, -0.2) is 89.4 Å². The SMILES string of the molecule is C=C[C@@H]1C[C@]1(NC(=O)[C@@H]1C[C@@H](Oc2ccccccc3oc4ccc(Cl)cc4c3n2)CN1C(=O)[C@@H](CC(=O)N1CCCCC1)C(C)(C)C)C(=O)NS(=O)(=O)C1CC1. The molecule has 2 saturated heterocycles. The van der Waals surface area contributed by atoms with E-state index in [1.807, 2.05) is 37.8 Å². The smallest absolute Gasteiger partial charge is 0.259 e. The molecule has 4 fully saturated rings. The number of likely N-dealkylation sites (tertiary alicyclic amines) is 2. The number of sulfonamides is 1. The van der Waals surface area contributed by atoms with E-state index in [0.717, 1.165) is 19.3 Å². The summed E-state index contributed by atoms with van der Waals surface area (Å²) in [5.41, 5.74) is -0.666. The van der Waals surface area contributed by atoms with Crippen LogP contribution in [0.1, 0.15) is 72.1 Å². The van der Waals surface area contributed by atoms with Crippen LogP contribution in [0.4, 0.5) is 0 Å². The summed E-state index contributed by atoms with van der Waals surface area (Å²) in [6.07, 6.45) is 4.71. The van der Waals surface area contributed by atoms with Crippen LogP contribution in [0.2, 0.25) is 5.02 Å². The standard InChI is InChI=1S/C42H50ClN5O8S/c1-5-26-24-42(26,40(52)46-57(53,54)29-16-17-29)45-38(50)32-22-28(25-48(32)39(51)31(41(2,3)4)23-36(49)47-19-11-8-12-20-47)55-35-14-10-7-6-9-13-34-37(44-35)30-21-27(43)15-18-33(30)56-34/h5-7,9-10,13-15,18,21,26,28-29,31-32H,1,8,11-12,16-17,19-20,22-25H2,2-4H3,(H,45,50)(H,46,52)/t26-,28-,31-,32+,42-/m1/s1.